The highest BCUT2D eigenvalue weighted by Crippen LogP contribution is 2.38. The van der Waals surface area contributed by atoms with Crippen molar-refractivity contribution >= 4 is 22.4 Å². The van der Waals surface area contributed by atoms with E-state index in [0.717, 1.165) is 34.7 Å². The van der Waals surface area contributed by atoms with Gasteiger partial charge in [-0.25, -0.2) is 4.98 Å². The monoisotopic (exact) mass is 295 g/mol. The van der Waals surface area contributed by atoms with Gasteiger partial charge in [-0.05, 0) is 39.7 Å². The fourth-order valence-corrected chi connectivity index (χ4v) is 3.81. The highest BCUT2D eigenvalue weighted by molar-refractivity contribution is 7.15. The van der Waals surface area contributed by atoms with Crippen LogP contribution in [0.5, 0.6) is 0 Å². The Labute approximate surface area is 123 Å². The number of carboxylic acids is 1. The van der Waals surface area contributed by atoms with E-state index in [1.165, 1.54) is 12.8 Å². The van der Waals surface area contributed by atoms with Crippen molar-refractivity contribution in [1.82, 2.24) is 9.88 Å². The number of aliphatic carboxylic acids is 1. The number of likely N-dealkylation sites (N-methyl/N-ethyl adjacent to an activating group) is 1. The average molecular weight is 295 g/mol. The third kappa shape index (κ3) is 2.67. The second-order valence-electron chi connectivity index (χ2n) is 5.88. The number of rotatable bonds is 6. The van der Waals surface area contributed by atoms with Crippen molar-refractivity contribution in [1.29, 1.82) is 0 Å². The van der Waals surface area contributed by atoms with E-state index in [1.807, 2.05) is 0 Å². The van der Waals surface area contributed by atoms with Crippen molar-refractivity contribution in [3.05, 3.63) is 10.6 Å². The summed E-state index contributed by atoms with van der Waals surface area (Å²) in [4.78, 5) is 19.2. The lowest BCUT2D eigenvalue weighted by Crippen LogP contribution is -2.36. The Bertz CT molecular complexity index is 513. The number of nitrogens with one attached hydrogen (secondary N) is 1. The molecule has 0 radical (unpaired) electrons. The van der Waals surface area contributed by atoms with Crippen LogP contribution in [0.1, 0.15) is 42.7 Å². The van der Waals surface area contributed by atoms with Crippen molar-refractivity contribution in [3.63, 3.8) is 0 Å². The molecule has 6 heteroatoms. The van der Waals surface area contributed by atoms with Gasteiger partial charge in [0.05, 0.1) is 5.69 Å². The zero-order chi connectivity index (χ0) is 14.3. The molecule has 110 valence electrons. The summed E-state index contributed by atoms with van der Waals surface area (Å²) in [5.41, 5.74) is 0.785. The highest BCUT2D eigenvalue weighted by atomic mass is 32.1. The Morgan fingerprint density at radius 2 is 2.30 bits per heavy atom. The summed E-state index contributed by atoms with van der Waals surface area (Å²) in [6, 6.07) is 1.22. The Morgan fingerprint density at radius 1 is 1.55 bits per heavy atom. The fourth-order valence-electron chi connectivity index (χ4n) is 2.76. The maximum absolute atomic E-state index is 11.1. The van der Waals surface area contributed by atoms with Gasteiger partial charge >= 0.3 is 5.97 Å². The van der Waals surface area contributed by atoms with Gasteiger partial charge in [0.15, 0.2) is 5.13 Å². The third-order valence-electron chi connectivity index (χ3n) is 4.38. The van der Waals surface area contributed by atoms with Crippen LogP contribution in [0.25, 0.3) is 0 Å². The molecule has 2 unspecified atom stereocenters. The molecule has 0 aromatic carbocycles. The number of carbonyl (C=O) groups is 1. The van der Waals surface area contributed by atoms with Gasteiger partial charge in [-0.3, -0.25) is 9.69 Å². The number of carboxylic acid groups (broad SMARTS) is 1. The minimum Gasteiger partial charge on any atom is -0.481 e. The topological polar surface area (TPSA) is 65.5 Å². The molecule has 3 rings (SSSR count). The molecule has 1 saturated carbocycles. The van der Waals surface area contributed by atoms with Crippen LogP contribution in [-0.4, -0.2) is 46.6 Å². The summed E-state index contributed by atoms with van der Waals surface area (Å²) >= 11 is 1.62. The molecular weight excluding hydrogens is 274 g/mol. The first-order valence-electron chi connectivity index (χ1n) is 7.24. The Morgan fingerprint density at radius 3 is 2.95 bits per heavy atom. The lowest BCUT2D eigenvalue weighted by Gasteiger charge is -2.24. The molecule has 1 aromatic rings. The summed E-state index contributed by atoms with van der Waals surface area (Å²) in [6.45, 7) is 3.07. The predicted octanol–water partition coefficient (Wildman–Crippen LogP) is 2.15. The Hall–Kier alpha value is -1.14. The summed E-state index contributed by atoms with van der Waals surface area (Å²) in [5, 5.41) is 13.4. The molecule has 1 aromatic heterocycles. The minimum absolute atomic E-state index is 0.400. The SMILES string of the molecule is CC(CNc1nc2c(s1)CCC2C(=O)O)N(C)C1CC1. The van der Waals surface area contributed by atoms with Crippen LogP contribution in [-0.2, 0) is 11.2 Å². The molecule has 1 heterocycles. The zero-order valence-corrected chi connectivity index (χ0v) is 12.7. The molecule has 0 spiro atoms. The van der Waals surface area contributed by atoms with Gasteiger partial charge in [0.1, 0.15) is 5.92 Å². The number of nitrogens with zero attached hydrogens (tertiary/aromatic N) is 2. The van der Waals surface area contributed by atoms with Crippen LogP contribution in [0.2, 0.25) is 0 Å². The zero-order valence-electron chi connectivity index (χ0n) is 11.9. The second-order valence-corrected chi connectivity index (χ2v) is 6.97. The Kier molecular flexibility index (Phi) is 3.69. The largest absolute Gasteiger partial charge is 0.481 e. The number of hydrogen-bond acceptors (Lipinski definition) is 5. The van der Waals surface area contributed by atoms with Crippen LogP contribution in [0, 0.1) is 0 Å². The van der Waals surface area contributed by atoms with E-state index in [0.29, 0.717) is 12.5 Å². The molecule has 0 saturated heterocycles. The maximum Gasteiger partial charge on any atom is 0.312 e. The molecular formula is C14H21N3O2S. The first-order valence-corrected chi connectivity index (χ1v) is 8.06. The molecule has 0 amide bonds. The third-order valence-corrected chi connectivity index (χ3v) is 5.47. The van der Waals surface area contributed by atoms with Crippen LogP contribution < -0.4 is 5.32 Å². The molecule has 20 heavy (non-hydrogen) atoms. The van der Waals surface area contributed by atoms with E-state index >= 15 is 0 Å². The van der Waals surface area contributed by atoms with Crippen LogP contribution >= 0.6 is 11.3 Å². The lowest BCUT2D eigenvalue weighted by atomic mass is 10.1. The minimum atomic E-state index is -0.748. The van der Waals surface area contributed by atoms with Crippen molar-refractivity contribution in [2.24, 2.45) is 0 Å². The number of fused-ring (bicyclic) bond motifs is 1. The normalized spacial score (nSPS) is 22.9. The fraction of sp³-hybridized carbons (Fsp3) is 0.714. The van der Waals surface area contributed by atoms with Gasteiger partial charge in [0, 0.05) is 23.5 Å². The summed E-state index contributed by atoms with van der Waals surface area (Å²) in [7, 11) is 2.17. The molecule has 2 N–H and O–H groups in total. The molecule has 2 aliphatic carbocycles. The number of aromatic nitrogens is 1. The molecule has 2 aliphatic rings. The van der Waals surface area contributed by atoms with Crippen molar-refractivity contribution in [2.75, 3.05) is 18.9 Å². The smallest absolute Gasteiger partial charge is 0.312 e. The van der Waals surface area contributed by atoms with Crippen LogP contribution in [0.4, 0.5) is 5.13 Å². The highest BCUT2D eigenvalue weighted by Gasteiger charge is 2.33. The van der Waals surface area contributed by atoms with Gasteiger partial charge < -0.3 is 10.4 Å². The van der Waals surface area contributed by atoms with E-state index in [2.05, 4.69) is 29.2 Å². The molecule has 0 bridgehead atoms. The van der Waals surface area contributed by atoms with Gasteiger partial charge in [-0.1, -0.05) is 0 Å². The number of aryl methyl sites for hydroxylation is 1. The van der Waals surface area contributed by atoms with E-state index in [1.54, 1.807) is 11.3 Å². The van der Waals surface area contributed by atoms with Crippen molar-refractivity contribution in [2.45, 2.75) is 50.6 Å². The summed E-state index contributed by atoms with van der Waals surface area (Å²) < 4.78 is 0. The molecule has 0 aliphatic heterocycles. The first-order chi connectivity index (χ1) is 9.56. The van der Waals surface area contributed by atoms with Crippen molar-refractivity contribution in [3.8, 4) is 0 Å². The lowest BCUT2D eigenvalue weighted by molar-refractivity contribution is -0.138. The van der Waals surface area contributed by atoms with E-state index in [9.17, 15) is 4.79 Å². The van der Waals surface area contributed by atoms with Gasteiger partial charge in [-0.2, -0.15) is 0 Å². The quantitative estimate of drug-likeness (QED) is 0.842. The van der Waals surface area contributed by atoms with Gasteiger partial charge in [0.2, 0.25) is 0 Å². The van der Waals surface area contributed by atoms with Crippen LogP contribution in [0.3, 0.4) is 0 Å². The molecule has 2 atom stereocenters. The average Bonchev–Trinajstić information content (AvgIpc) is 3.06. The molecule has 5 nitrogen and oxygen atoms in total. The van der Waals surface area contributed by atoms with Gasteiger partial charge in [0.25, 0.3) is 0 Å². The Balaban J connectivity index is 1.59. The number of anilines is 1. The maximum atomic E-state index is 11.1. The van der Waals surface area contributed by atoms with E-state index < -0.39 is 11.9 Å². The number of thiazole rings is 1. The van der Waals surface area contributed by atoms with Crippen molar-refractivity contribution < 1.29 is 9.90 Å². The van der Waals surface area contributed by atoms with E-state index in [-0.39, 0.29) is 0 Å². The van der Waals surface area contributed by atoms with Crippen LogP contribution in [0.15, 0.2) is 0 Å². The number of hydrogen-bond donors (Lipinski definition) is 2. The first kappa shape index (κ1) is 13.8. The predicted molar refractivity (Wildman–Crippen MR) is 79.5 cm³/mol. The van der Waals surface area contributed by atoms with Gasteiger partial charge in [-0.15, -0.1) is 11.3 Å². The van der Waals surface area contributed by atoms with E-state index in [4.69, 9.17) is 5.11 Å². The standard InChI is InChI=1S/C14H21N3O2S/c1-8(17(2)9-3-4-9)7-15-14-16-12-10(13(18)19)5-6-11(12)20-14/h8-10H,3-7H2,1-2H3,(H,15,16)(H,18,19). The molecule has 1 fully saturated rings. The second kappa shape index (κ2) is 5.33. The summed E-state index contributed by atoms with van der Waals surface area (Å²) in [6.07, 6.45) is 4.17. The summed E-state index contributed by atoms with van der Waals surface area (Å²) in [5.74, 6) is -1.15.